The lowest BCUT2D eigenvalue weighted by Gasteiger charge is -2.29. The fourth-order valence-corrected chi connectivity index (χ4v) is 4.98. The summed E-state index contributed by atoms with van der Waals surface area (Å²) in [7, 11) is 0. The highest BCUT2D eigenvalue weighted by atomic mass is 16.4. The van der Waals surface area contributed by atoms with Crippen molar-refractivity contribution < 1.29 is 9.90 Å². The van der Waals surface area contributed by atoms with Crippen molar-refractivity contribution in [2.75, 3.05) is 6.54 Å². The summed E-state index contributed by atoms with van der Waals surface area (Å²) < 4.78 is 0. The number of benzene rings is 2. The number of carboxylic acids is 1. The highest BCUT2D eigenvalue weighted by Gasteiger charge is 2.39. The van der Waals surface area contributed by atoms with Gasteiger partial charge in [0, 0.05) is 18.6 Å². The first-order valence-corrected chi connectivity index (χ1v) is 12.2. The number of aromatic carboxylic acids is 1. The fraction of sp³-hybridized carbons (Fsp3) is 0.464. The second kappa shape index (κ2) is 10.9. The SMILES string of the molecule is CCC(=Cc1ccccc1)[C@@H]1C[C@H]1NC[C@H]1CC[C@H](NCc2ccc(C(=O)O)cc2)CC1. The highest BCUT2D eigenvalue weighted by Crippen LogP contribution is 2.40. The van der Waals surface area contributed by atoms with Gasteiger partial charge in [-0.05, 0) is 80.2 Å². The Morgan fingerprint density at radius 3 is 2.38 bits per heavy atom. The van der Waals surface area contributed by atoms with E-state index in [4.69, 9.17) is 5.11 Å². The summed E-state index contributed by atoms with van der Waals surface area (Å²) in [5.41, 5.74) is 4.40. The van der Waals surface area contributed by atoms with Crippen LogP contribution in [0.25, 0.3) is 6.08 Å². The lowest BCUT2D eigenvalue weighted by atomic mass is 9.86. The van der Waals surface area contributed by atoms with Crippen LogP contribution in [0, 0.1) is 11.8 Å². The maximum Gasteiger partial charge on any atom is 0.335 e. The summed E-state index contributed by atoms with van der Waals surface area (Å²) in [6.07, 6.45) is 9.81. The van der Waals surface area contributed by atoms with Crippen LogP contribution in [0.15, 0.2) is 60.2 Å². The van der Waals surface area contributed by atoms with Gasteiger partial charge in [-0.15, -0.1) is 0 Å². The summed E-state index contributed by atoms with van der Waals surface area (Å²) in [6.45, 7) is 4.23. The zero-order chi connectivity index (χ0) is 22.3. The molecule has 32 heavy (non-hydrogen) atoms. The second-order valence-electron chi connectivity index (χ2n) is 9.44. The molecule has 0 unspecified atom stereocenters. The average Bonchev–Trinajstić information content (AvgIpc) is 3.61. The lowest BCUT2D eigenvalue weighted by Crippen LogP contribution is -2.36. The summed E-state index contributed by atoms with van der Waals surface area (Å²) in [5.74, 6) is 0.630. The van der Waals surface area contributed by atoms with E-state index in [9.17, 15) is 4.79 Å². The molecule has 170 valence electrons. The molecular formula is C28H36N2O2. The molecule has 0 heterocycles. The number of carboxylic acid groups (broad SMARTS) is 1. The minimum atomic E-state index is -0.868. The number of hydrogen-bond donors (Lipinski definition) is 3. The van der Waals surface area contributed by atoms with E-state index in [1.807, 2.05) is 12.1 Å². The van der Waals surface area contributed by atoms with Gasteiger partial charge in [0.05, 0.1) is 5.56 Å². The second-order valence-corrected chi connectivity index (χ2v) is 9.44. The van der Waals surface area contributed by atoms with Crippen molar-refractivity contribution in [2.24, 2.45) is 11.8 Å². The van der Waals surface area contributed by atoms with Gasteiger partial charge < -0.3 is 15.7 Å². The molecule has 0 amide bonds. The van der Waals surface area contributed by atoms with Gasteiger partial charge in [0.1, 0.15) is 0 Å². The molecule has 4 heteroatoms. The zero-order valence-electron chi connectivity index (χ0n) is 19.1. The molecule has 2 aliphatic carbocycles. The van der Waals surface area contributed by atoms with Crippen LogP contribution in [0.4, 0.5) is 0 Å². The Bertz CT molecular complexity index is 899. The highest BCUT2D eigenvalue weighted by molar-refractivity contribution is 5.87. The predicted octanol–water partition coefficient (Wildman–Crippen LogP) is 5.50. The Hall–Kier alpha value is -2.43. The van der Waals surface area contributed by atoms with Crippen LogP contribution in [-0.4, -0.2) is 29.7 Å². The lowest BCUT2D eigenvalue weighted by molar-refractivity contribution is 0.0697. The quantitative estimate of drug-likeness (QED) is 0.464. The summed E-state index contributed by atoms with van der Waals surface area (Å²) in [5, 5.41) is 16.5. The Morgan fingerprint density at radius 2 is 1.72 bits per heavy atom. The van der Waals surface area contributed by atoms with Crippen LogP contribution >= 0.6 is 0 Å². The number of carbonyl (C=O) groups is 1. The van der Waals surface area contributed by atoms with Gasteiger partial charge in [0.25, 0.3) is 0 Å². The van der Waals surface area contributed by atoms with Gasteiger partial charge in [-0.3, -0.25) is 0 Å². The van der Waals surface area contributed by atoms with E-state index in [-0.39, 0.29) is 0 Å². The number of nitrogens with one attached hydrogen (secondary N) is 2. The molecule has 2 fully saturated rings. The molecule has 2 aromatic carbocycles. The first-order valence-electron chi connectivity index (χ1n) is 12.2. The Kier molecular flexibility index (Phi) is 7.77. The molecule has 4 rings (SSSR count). The molecule has 3 N–H and O–H groups in total. The average molecular weight is 433 g/mol. The van der Waals surface area contributed by atoms with Crippen LogP contribution in [-0.2, 0) is 6.54 Å². The summed E-state index contributed by atoms with van der Waals surface area (Å²) >= 11 is 0. The molecule has 0 saturated heterocycles. The van der Waals surface area contributed by atoms with Crippen molar-refractivity contribution >= 4 is 12.0 Å². The van der Waals surface area contributed by atoms with Crippen molar-refractivity contribution in [3.63, 3.8) is 0 Å². The summed E-state index contributed by atoms with van der Waals surface area (Å²) in [6, 6.07) is 19.1. The molecule has 2 saturated carbocycles. The van der Waals surface area contributed by atoms with E-state index in [2.05, 4.69) is 54.0 Å². The third kappa shape index (κ3) is 6.30. The van der Waals surface area contributed by atoms with E-state index >= 15 is 0 Å². The Labute approximate surface area is 192 Å². The molecule has 2 aromatic rings. The van der Waals surface area contributed by atoms with Crippen molar-refractivity contribution in [1.82, 2.24) is 10.6 Å². The van der Waals surface area contributed by atoms with Crippen molar-refractivity contribution in [3.8, 4) is 0 Å². The maximum absolute atomic E-state index is 11.0. The third-order valence-corrected chi connectivity index (χ3v) is 7.14. The van der Waals surface area contributed by atoms with Crippen molar-refractivity contribution in [1.29, 1.82) is 0 Å². The van der Waals surface area contributed by atoms with Crippen LogP contribution in [0.5, 0.6) is 0 Å². The molecule has 0 aromatic heterocycles. The fourth-order valence-electron chi connectivity index (χ4n) is 4.98. The molecule has 2 aliphatic rings. The first-order chi connectivity index (χ1) is 15.6. The Balaban J connectivity index is 1.14. The van der Waals surface area contributed by atoms with Crippen LogP contribution in [0.3, 0.4) is 0 Å². The molecule has 0 radical (unpaired) electrons. The van der Waals surface area contributed by atoms with E-state index in [1.54, 1.807) is 17.7 Å². The zero-order valence-corrected chi connectivity index (χ0v) is 19.1. The van der Waals surface area contributed by atoms with Gasteiger partial charge in [-0.2, -0.15) is 0 Å². The van der Waals surface area contributed by atoms with Gasteiger partial charge >= 0.3 is 5.97 Å². The van der Waals surface area contributed by atoms with Crippen molar-refractivity contribution in [3.05, 3.63) is 76.9 Å². The molecule has 2 atom stereocenters. The number of hydrogen-bond acceptors (Lipinski definition) is 3. The molecular weight excluding hydrogens is 396 g/mol. The molecule has 0 spiro atoms. The Morgan fingerprint density at radius 1 is 1.00 bits per heavy atom. The third-order valence-electron chi connectivity index (χ3n) is 7.14. The van der Waals surface area contributed by atoms with Gasteiger partial charge in [0.2, 0.25) is 0 Å². The standard InChI is InChI=1S/C28H36N2O2/c1-2-23(16-20-6-4-3-5-7-20)26-17-27(26)30-19-22-10-14-25(15-11-22)29-18-21-8-12-24(13-9-21)28(31)32/h3-9,12-13,16,22,25-27,29-30H,2,10-11,14-15,17-19H2,1H3,(H,31,32)/t22-,25-,26-,27+/m0/s1. The van der Waals surface area contributed by atoms with E-state index < -0.39 is 5.97 Å². The van der Waals surface area contributed by atoms with Crippen LogP contribution in [0.2, 0.25) is 0 Å². The predicted molar refractivity (Wildman–Crippen MR) is 131 cm³/mol. The molecule has 4 nitrogen and oxygen atoms in total. The normalized spacial score (nSPS) is 25.5. The van der Waals surface area contributed by atoms with E-state index in [1.165, 1.54) is 37.7 Å². The van der Waals surface area contributed by atoms with Gasteiger partial charge in [-0.1, -0.05) is 61.0 Å². The van der Waals surface area contributed by atoms with E-state index in [0.29, 0.717) is 23.6 Å². The number of rotatable bonds is 10. The van der Waals surface area contributed by atoms with E-state index in [0.717, 1.165) is 31.0 Å². The largest absolute Gasteiger partial charge is 0.478 e. The molecule has 0 aliphatic heterocycles. The van der Waals surface area contributed by atoms with Crippen LogP contribution in [0.1, 0.15) is 66.9 Å². The van der Waals surface area contributed by atoms with Crippen molar-refractivity contribution in [2.45, 2.75) is 64.1 Å². The monoisotopic (exact) mass is 432 g/mol. The molecule has 0 bridgehead atoms. The smallest absolute Gasteiger partial charge is 0.335 e. The minimum Gasteiger partial charge on any atom is -0.478 e. The van der Waals surface area contributed by atoms with Gasteiger partial charge in [0.15, 0.2) is 0 Å². The topological polar surface area (TPSA) is 61.4 Å². The van der Waals surface area contributed by atoms with Gasteiger partial charge in [-0.25, -0.2) is 4.79 Å². The maximum atomic E-state index is 11.0. The summed E-state index contributed by atoms with van der Waals surface area (Å²) in [4.78, 5) is 11.0. The first kappa shape index (κ1) is 22.8. The minimum absolute atomic E-state index is 0.348. The van der Waals surface area contributed by atoms with Crippen LogP contribution < -0.4 is 10.6 Å².